The van der Waals surface area contributed by atoms with Crippen molar-refractivity contribution in [1.82, 2.24) is 0 Å². The van der Waals surface area contributed by atoms with Crippen LogP contribution in [0.25, 0.3) is 22.3 Å². The summed E-state index contributed by atoms with van der Waals surface area (Å²) in [6.07, 6.45) is 0. The van der Waals surface area contributed by atoms with Crippen molar-refractivity contribution in [3.8, 4) is 22.3 Å². The Morgan fingerprint density at radius 3 is 1.38 bits per heavy atom. The van der Waals surface area contributed by atoms with Gasteiger partial charge in [-0.05, 0) is 46.5 Å². The Balaban J connectivity index is 1.93. The minimum absolute atomic E-state index is 0.893. The van der Waals surface area contributed by atoms with Crippen LogP contribution >= 0.6 is 37.9 Å². The van der Waals surface area contributed by atoms with Gasteiger partial charge in [0, 0.05) is 14.7 Å². The predicted molar refractivity (Wildman–Crippen MR) is 99.1 cm³/mol. The molecule has 21 heavy (non-hydrogen) atoms. The van der Waals surface area contributed by atoms with Crippen LogP contribution in [0.5, 0.6) is 0 Å². The Morgan fingerprint density at radius 1 is 0.429 bits per heavy atom. The number of hydrogen-bond acceptors (Lipinski definition) is 3. The molecule has 0 N–H and O–H groups in total. The zero-order valence-electron chi connectivity index (χ0n) is 11.2. The van der Waals surface area contributed by atoms with Gasteiger partial charge in [-0.25, -0.2) is 0 Å². The maximum absolute atomic E-state index is 4.42. The highest BCUT2D eigenvalue weighted by molar-refractivity contribution is 7.83. The lowest BCUT2D eigenvalue weighted by molar-refractivity contribution is 1.27. The Labute approximate surface area is 141 Å². The Morgan fingerprint density at radius 2 is 0.857 bits per heavy atom. The van der Waals surface area contributed by atoms with E-state index in [1.54, 1.807) is 0 Å². The molecule has 3 heteroatoms. The molecule has 0 aliphatic heterocycles. The molecule has 0 saturated heterocycles. The highest BCUT2D eigenvalue weighted by atomic mass is 32.1. The molecule has 0 nitrogen and oxygen atoms in total. The fourth-order valence-electron chi connectivity index (χ4n) is 2.21. The van der Waals surface area contributed by atoms with Gasteiger partial charge in [0.15, 0.2) is 0 Å². The van der Waals surface area contributed by atoms with Crippen molar-refractivity contribution >= 4 is 37.9 Å². The van der Waals surface area contributed by atoms with Crippen molar-refractivity contribution < 1.29 is 0 Å². The molecule has 0 heterocycles. The van der Waals surface area contributed by atoms with E-state index in [2.05, 4.69) is 80.4 Å². The van der Waals surface area contributed by atoms with E-state index in [4.69, 9.17) is 0 Å². The first-order chi connectivity index (χ1) is 10.1. The van der Waals surface area contributed by atoms with Crippen molar-refractivity contribution in [2.75, 3.05) is 0 Å². The van der Waals surface area contributed by atoms with Crippen molar-refractivity contribution in [2.45, 2.75) is 14.7 Å². The van der Waals surface area contributed by atoms with Crippen LogP contribution in [0.2, 0.25) is 0 Å². The average Bonchev–Trinajstić information content (AvgIpc) is 2.51. The SMILES string of the molecule is Sc1ccc(-c2ccc(-c3ccc(S)c(S)c3)cc2)cc1. The smallest absolute Gasteiger partial charge is 0.0180 e. The van der Waals surface area contributed by atoms with E-state index in [1.807, 2.05) is 24.3 Å². The van der Waals surface area contributed by atoms with E-state index in [-0.39, 0.29) is 0 Å². The van der Waals surface area contributed by atoms with Gasteiger partial charge < -0.3 is 0 Å². The van der Waals surface area contributed by atoms with E-state index in [1.165, 1.54) is 16.7 Å². The first-order valence-electron chi connectivity index (χ1n) is 6.55. The summed E-state index contributed by atoms with van der Waals surface area (Å²) in [6, 6.07) is 22.8. The van der Waals surface area contributed by atoms with E-state index in [9.17, 15) is 0 Å². The van der Waals surface area contributed by atoms with E-state index >= 15 is 0 Å². The molecule has 0 aliphatic carbocycles. The second-order valence-electron chi connectivity index (χ2n) is 4.83. The Bertz CT molecular complexity index is 759. The second kappa shape index (κ2) is 6.22. The molecule has 3 aromatic rings. The molecular formula is C18H14S3. The molecule has 0 unspecified atom stereocenters. The van der Waals surface area contributed by atoms with Gasteiger partial charge in [-0.1, -0.05) is 42.5 Å². The predicted octanol–water partition coefficient (Wildman–Crippen LogP) is 5.89. The maximum Gasteiger partial charge on any atom is 0.0180 e. The number of thiol groups is 3. The summed E-state index contributed by atoms with van der Waals surface area (Å²) in [4.78, 5) is 2.76. The molecule has 3 rings (SSSR count). The summed E-state index contributed by atoms with van der Waals surface area (Å²) in [7, 11) is 0. The summed E-state index contributed by atoms with van der Waals surface area (Å²) in [6.45, 7) is 0. The molecule has 3 aromatic carbocycles. The van der Waals surface area contributed by atoms with Crippen LogP contribution in [0, 0.1) is 0 Å². The van der Waals surface area contributed by atoms with E-state index in [0.29, 0.717) is 0 Å². The lowest BCUT2D eigenvalue weighted by Gasteiger charge is -2.07. The lowest BCUT2D eigenvalue weighted by atomic mass is 10.0. The van der Waals surface area contributed by atoms with Crippen molar-refractivity contribution in [3.05, 3.63) is 66.7 Å². The summed E-state index contributed by atoms with van der Waals surface area (Å²) in [5.74, 6) is 0. The van der Waals surface area contributed by atoms with Crippen LogP contribution in [0.4, 0.5) is 0 Å². The Kier molecular flexibility index (Phi) is 4.34. The molecule has 0 amide bonds. The molecule has 0 spiro atoms. The largest absolute Gasteiger partial charge is 0.143 e. The molecule has 0 aromatic heterocycles. The van der Waals surface area contributed by atoms with E-state index < -0.39 is 0 Å². The van der Waals surface area contributed by atoms with Crippen molar-refractivity contribution in [2.24, 2.45) is 0 Å². The van der Waals surface area contributed by atoms with Crippen LogP contribution in [0.3, 0.4) is 0 Å². The van der Waals surface area contributed by atoms with Gasteiger partial charge in [0.1, 0.15) is 0 Å². The number of benzene rings is 3. The van der Waals surface area contributed by atoms with Gasteiger partial charge in [0.2, 0.25) is 0 Å². The summed E-state index contributed by atoms with van der Waals surface area (Å²) in [5.41, 5.74) is 4.71. The zero-order chi connectivity index (χ0) is 14.8. The van der Waals surface area contributed by atoms with Gasteiger partial charge >= 0.3 is 0 Å². The van der Waals surface area contributed by atoms with E-state index in [0.717, 1.165) is 20.2 Å². The van der Waals surface area contributed by atoms with Crippen LogP contribution in [-0.2, 0) is 0 Å². The first-order valence-corrected chi connectivity index (χ1v) is 7.89. The number of hydrogen-bond donors (Lipinski definition) is 3. The lowest BCUT2D eigenvalue weighted by Crippen LogP contribution is -1.81. The number of rotatable bonds is 2. The van der Waals surface area contributed by atoms with Gasteiger partial charge in [-0.15, -0.1) is 37.9 Å². The third-order valence-corrected chi connectivity index (χ3v) is 4.63. The molecule has 0 radical (unpaired) electrons. The minimum Gasteiger partial charge on any atom is -0.143 e. The zero-order valence-corrected chi connectivity index (χ0v) is 13.9. The minimum atomic E-state index is 0.893. The van der Waals surface area contributed by atoms with Gasteiger partial charge in [-0.2, -0.15) is 0 Å². The second-order valence-corrected chi connectivity index (χ2v) is 6.31. The molecule has 0 saturated carbocycles. The Hall–Kier alpha value is -1.29. The molecule has 0 aliphatic rings. The molecule has 0 atom stereocenters. The fraction of sp³-hybridized carbons (Fsp3) is 0. The standard InChI is InChI=1S/C18H14S3/c19-16-8-5-13(6-9-16)12-1-3-14(4-2-12)15-7-10-17(20)18(21)11-15/h1-11,19-21H. The average molecular weight is 327 g/mol. The third-order valence-electron chi connectivity index (χ3n) is 3.39. The summed E-state index contributed by atoms with van der Waals surface area (Å²) in [5, 5.41) is 0. The topological polar surface area (TPSA) is 0 Å². The summed E-state index contributed by atoms with van der Waals surface area (Å²) < 4.78 is 0. The molecular weight excluding hydrogens is 312 g/mol. The van der Waals surface area contributed by atoms with Crippen LogP contribution in [0.1, 0.15) is 0 Å². The van der Waals surface area contributed by atoms with Crippen LogP contribution in [0.15, 0.2) is 81.4 Å². The molecule has 0 fully saturated rings. The van der Waals surface area contributed by atoms with Gasteiger partial charge in [0.05, 0.1) is 0 Å². The maximum atomic E-state index is 4.42. The molecule has 104 valence electrons. The fourth-order valence-corrected chi connectivity index (χ4v) is 2.71. The molecule has 0 bridgehead atoms. The van der Waals surface area contributed by atoms with Gasteiger partial charge in [-0.3, -0.25) is 0 Å². The normalized spacial score (nSPS) is 10.6. The third kappa shape index (κ3) is 3.31. The van der Waals surface area contributed by atoms with Gasteiger partial charge in [0.25, 0.3) is 0 Å². The highest BCUT2D eigenvalue weighted by Crippen LogP contribution is 2.28. The monoisotopic (exact) mass is 326 g/mol. The highest BCUT2D eigenvalue weighted by Gasteiger charge is 2.02. The first kappa shape index (κ1) is 14.6. The quantitative estimate of drug-likeness (QED) is 0.481. The summed E-state index contributed by atoms with van der Waals surface area (Å²) >= 11 is 13.1. The van der Waals surface area contributed by atoms with Crippen molar-refractivity contribution in [3.63, 3.8) is 0 Å². The van der Waals surface area contributed by atoms with Crippen LogP contribution < -0.4 is 0 Å². The van der Waals surface area contributed by atoms with Crippen molar-refractivity contribution in [1.29, 1.82) is 0 Å². The van der Waals surface area contributed by atoms with Crippen LogP contribution in [-0.4, -0.2) is 0 Å².